The van der Waals surface area contributed by atoms with Gasteiger partial charge in [0, 0.05) is 16.9 Å². The number of urea groups is 1. The van der Waals surface area contributed by atoms with E-state index < -0.39 is 23.8 Å². The van der Waals surface area contributed by atoms with Crippen molar-refractivity contribution in [1.82, 2.24) is 10.6 Å². The predicted molar refractivity (Wildman–Crippen MR) is 95.1 cm³/mol. The van der Waals surface area contributed by atoms with E-state index in [9.17, 15) is 14.0 Å². The minimum atomic E-state index is -0.680. The Hall–Kier alpha value is -3.35. The SMILES string of the molecule is COc1ccccc1C1NC(=O)NC(C)=C1C(=O)Nc1ccc(F)cc1. The number of nitrogens with one attached hydrogen (secondary N) is 3. The zero-order valence-corrected chi connectivity index (χ0v) is 14.3. The van der Waals surface area contributed by atoms with Gasteiger partial charge in [0.15, 0.2) is 0 Å². The van der Waals surface area contributed by atoms with E-state index in [0.717, 1.165) is 0 Å². The summed E-state index contributed by atoms with van der Waals surface area (Å²) in [5.74, 6) is -0.242. The summed E-state index contributed by atoms with van der Waals surface area (Å²) in [6.45, 7) is 1.65. The van der Waals surface area contributed by atoms with E-state index in [1.54, 1.807) is 31.2 Å². The van der Waals surface area contributed by atoms with Crippen molar-refractivity contribution in [3.05, 3.63) is 71.2 Å². The Balaban J connectivity index is 1.97. The van der Waals surface area contributed by atoms with Crippen LogP contribution in [0.2, 0.25) is 0 Å². The van der Waals surface area contributed by atoms with Gasteiger partial charge in [0.25, 0.3) is 5.91 Å². The Kier molecular flexibility index (Phi) is 4.88. The molecule has 2 aromatic carbocycles. The Labute approximate surface area is 150 Å². The Morgan fingerprint density at radius 3 is 2.54 bits per heavy atom. The van der Waals surface area contributed by atoms with Gasteiger partial charge in [0.05, 0.1) is 18.7 Å². The lowest BCUT2D eigenvalue weighted by Crippen LogP contribution is -2.46. The molecule has 3 amide bonds. The molecule has 0 spiro atoms. The number of carbonyl (C=O) groups excluding carboxylic acids is 2. The number of halogens is 1. The molecule has 0 aromatic heterocycles. The van der Waals surface area contributed by atoms with Crippen LogP contribution in [0.1, 0.15) is 18.5 Å². The summed E-state index contributed by atoms with van der Waals surface area (Å²) in [5, 5.41) is 8.09. The van der Waals surface area contributed by atoms with Crippen LogP contribution in [0.5, 0.6) is 5.75 Å². The van der Waals surface area contributed by atoms with Gasteiger partial charge in [-0.1, -0.05) is 18.2 Å². The third kappa shape index (κ3) is 3.51. The fourth-order valence-electron chi connectivity index (χ4n) is 2.86. The highest BCUT2D eigenvalue weighted by Crippen LogP contribution is 2.33. The third-order valence-corrected chi connectivity index (χ3v) is 4.07. The molecule has 134 valence electrons. The maximum atomic E-state index is 13.1. The number of rotatable bonds is 4. The summed E-state index contributed by atoms with van der Waals surface area (Å²) in [4.78, 5) is 24.8. The summed E-state index contributed by atoms with van der Waals surface area (Å²) < 4.78 is 18.4. The van der Waals surface area contributed by atoms with Crippen molar-refractivity contribution >= 4 is 17.6 Å². The lowest BCUT2D eigenvalue weighted by atomic mass is 9.94. The monoisotopic (exact) mass is 355 g/mol. The molecule has 0 fully saturated rings. The van der Waals surface area contributed by atoms with Crippen LogP contribution in [0, 0.1) is 5.82 Å². The van der Waals surface area contributed by atoms with E-state index in [4.69, 9.17) is 4.74 Å². The first-order valence-corrected chi connectivity index (χ1v) is 7.97. The highest BCUT2D eigenvalue weighted by atomic mass is 19.1. The van der Waals surface area contributed by atoms with Gasteiger partial charge in [-0.05, 0) is 37.3 Å². The van der Waals surface area contributed by atoms with Crippen molar-refractivity contribution in [2.24, 2.45) is 0 Å². The van der Waals surface area contributed by atoms with Crippen molar-refractivity contribution in [2.75, 3.05) is 12.4 Å². The molecular formula is C19H18FN3O3. The third-order valence-electron chi connectivity index (χ3n) is 4.07. The number of ether oxygens (including phenoxy) is 1. The summed E-state index contributed by atoms with van der Waals surface area (Å²) in [5.41, 5.74) is 1.89. The summed E-state index contributed by atoms with van der Waals surface area (Å²) in [6.07, 6.45) is 0. The van der Waals surface area contributed by atoms with Crippen LogP contribution in [0.4, 0.5) is 14.9 Å². The molecule has 2 aromatic rings. The van der Waals surface area contributed by atoms with Gasteiger partial charge in [-0.25, -0.2) is 9.18 Å². The molecule has 0 radical (unpaired) electrons. The number of para-hydroxylation sites is 1. The number of hydrogen-bond acceptors (Lipinski definition) is 3. The highest BCUT2D eigenvalue weighted by Gasteiger charge is 2.32. The Morgan fingerprint density at radius 2 is 1.85 bits per heavy atom. The largest absolute Gasteiger partial charge is 0.496 e. The maximum absolute atomic E-state index is 13.1. The van der Waals surface area contributed by atoms with Crippen LogP contribution in [-0.4, -0.2) is 19.0 Å². The van der Waals surface area contributed by atoms with Crippen LogP contribution in [0.15, 0.2) is 59.8 Å². The van der Waals surface area contributed by atoms with Crippen LogP contribution in [0.3, 0.4) is 0 Å². The molecular weight excluding hydrogens is 337 g/mol. The van der Waals surface area contributed by atoms with E-state index in [0.29, 0.717) is 28.3 Å². The lowest BCUT2D eigenvalue weighted by molar-refractivity contribution is -0.113. The molecule has 1 unspecified atom stereocenters. The van der Waals surface area contributed by atoms with E-state index >= 15 is 0 Å². The number of benzene rings is 2. The molecule has 26 heavy (non-hydrogen) atoms. The van der Waals surface area contributed by atoms with Crippen LogP contribution >= 0.6 is 0 Å². The van der Waals surface area contributed by atoms with Crippen molar-refractivity contribution in [3.63, 3.8) is 0 Å². The minimum absolute atomic E-state index is 0.346. The van der Waals surface area contributed by atoms with Gasteiger partial charge in [0.2, 0.25) is 0 Å². The fraction of sp³-hybridized carbons (Fsp3) is 0.158. The van der Waals surface area contributed by atoms with Crippen LogP contribution in [0.25, 0.3) is 0 Å². The molecule has 0 saturated heterocycles. The fourth-order valence-corrected chi connectivity index (χ4v) is 2.86. The molecule has 1 aliphatic rings. The van der Waals surface area contributed by atoms with Gasteiger partial charge in [-0.15, -0.1) is 0 Å². The van der Waals surface area contributed by atoms with Crippen molar-refractivity contribution < 1.29 is 18.7 Å². The summed E-state index contributed by atoms with van der Waals surface area (Å²) in [6, 6.07) is 11.5. The predicted octanol–water partition coefficient (Wildman–Crippen LogP) is 3.10. The van der Waals surface area contributed by atoms with Gasteiger partial charge < -0.3 is 20.7 Å². The zero-order chi connectivity index (χ0) is 18.7. The normalized spacial score (nSPS) is 16.6. The average molecular weight is 355 g/mol. The number of methoxy groups -OCH3 is 1. The molecule has 3 N–H and O–H groups in total. The standard InChI is InChI=1S/C19H18FN3O3/c1-11-16(18(24)22-13-9-7-12(20)8-10-13)17(23-19(25)21-11)14-5-3-4-6-15(14)26-2/h3-10,17H,1-2H3,(H,22,24)(H2,21,23,25). The minimum Gasteiger partial charge on any atom is -0.496 e. The lowest BCUT2D eigenvalue weighted by Gasteiger charge is -2.29. The number of anilines is 1. The first kappa shape index (κ1) is 17.5. The number of hydrogen-bond donors (Lipinski definition) is 3. The van der Waals surface area contributed by atoms with Gasteiger partial charge >= 0.3 is 6.03 Å². The summed E-state index contributed by atoms with van der Waals surface area (Å²) >= 11 is 0. The molecule has 1 aliphatic heterocycles. The van der Waals surface area contributed by atoms with E-state index in [2.05, 4.69) is 16.0 Å². The molecule has 0 bridgehead atoms. The number of carbonyl (C=O) groups is 2. The van der Waals surface area contributed by atoms with E-state index in [1.807, 2.05) is 0 Å². The molecule has 7 heteroatoms. The quantitative estimate of drug-likeness (QED) is 0.788. The summed E-state index contributed by atoms with van der Waals surface area (Å²) in [7, 11) is 1.52. The molecule has 0 saturated carbocycles. The van der Waals surface area contributed by atoms with Gasteiger partial charge in [-0.2, -0.15) is 0 Å². The number of amides is 3. The molecule has 6 nitrogen and oxygen atoms in total. The number of allylic oxidation sites excluding steroid dienone is 1. The maximum Gasteiger partial charge on any atom is 0.319 e. The van der Waals surface area contributed by atoms with E-state index in [-0.39, 0.29) is 0 Å². The van der Waals surface area contributed by atoms with Gasteiger partial charge in [-0.3, -0.25) is 4.79 Å². The van der Waals surface area contributed by atoms with Crippen molar-refractivity contribution in [3.8, 4) is 5.75 Å². The van der Waals surface area contributed by atoms with Crippen molar-refractivity contribution in [2.45, 2.75) is 13.0 Å². The second kappa shape index (κ2) is 7.26. The first-order chi connectivity index (χ1) is 12.5. The topological polar surface area (TPSA) is 79.5 Å². The second-order valence-corrected chi connectivity index (χ2v) is 5.77. The molecule has 1 atom stereocenters. The zero-order valence-electron chi connectivity index (χ0n) is 14.3. The van der Waals surface area contributed by atoms with Crippen LogP contribution in [-0.2, 0) is 4.79 Å². The van der Waals surface area contributed by atoms with Gasteiger partial charge in [0.1, 0.15) is 11.6 Å². The van der Waals surface area contributed by atoms with Crippen molar-refractivity contribution in [1.29, 1.82) is 0 Å². The second-order valence-electron chi connectivity index (χ2n) is 5.77. The molecule has 1 heterocycles. The Morgan fingerprint density at radius 1 is 1.15 bits per heavy atom. The van der Waals surface area contributed by atoms with Crippen LogP contribution < -0.4 is 20.7 Å². The smallest absolute Gasteiger partial charge is 0.319 e. The first-order valence-electron chi connectivity index (χ1n) is 7.97. The molecule has 3 rings (SSSR count). The highest BCUT2D eigenvalue weighted by molar-refractivity contribution is 6.06. The van der Waals surface area contributed by atoms with E-state index in [1.165, 1.54) is 31.4 Å². The molecule has 0 aliphatic carbocycles. The Bertz CT molecular complexity index is 878. The average Bonchev–Trinajstić information content (AvgIpc) is 2.62.